The summed E-state index contributed by atoms with van der Waals surface area (Å²) in [6.45, 7) is 9.67. The van der Waals surface area contributed by atoms with Crippen LogP contribution in [0.4, 0.5) is 0 Å². The Morgan fingerprint density at radius 1 is 1.39 bits per heavy atom. The summed E-state index contributed by atoms with van der Waals surface area (Å²) < 4.78 is 5.61. The maximum atomic E-state index is 12.6. The van der Waals surface area contributed by atoms with Crippen molar-refractivity contribution in [2.45, 2.75) is 51.6 Å². The molecule has 1 unspecified atom stereocenters. The minimum Gasteiger partial charge on any atom is -0.456 e. The molecule has 1 atom stereocenters. The molecular formula is C20H23NO2. The number of rotatable bonds is 5. The molecule has 0 spiro atoms. The lowest BCUT2D eigenvalue weighted by atomic mass is 9.80. The number of carbonyl (C=O) groups is 1. The van der Waals surface area contributed by atoms with Crippen LogP contribution in [0, 0.1) is 11.3 Å². The maximum Gasteiger partial charge on any atom is 0.335 e. The largest absolute Gasteiger partial charge is 0.456 e. The highest BCUT2D eigenvalue weighted by atomic mass is 16.6. The van der Waals surface area contributed by atoms with Gasteiger partial charge < -0.3 is 4.74 Å². The molecule has 3 heteroatoms. The van der Waals surface area contributed by atoms with Crippen molar-refractivity contribution in [2.24, 2.45) is 0 Å². The van der Waals surface area contributed by atoms with E-state index in [-0.39, 0.29) is 11.9 Å². The number of ether oxygens (including phenoxy) is 1. The third-order valence-electron chi connectivity index (χ3n) is 4.19. The Bertz CT molecular complexity index is 675. The van der Waals surface area contributed by atoms with Crippen molar-refractivity contribution < 1.29 is 9.53 Å². The smallest absolute Gasteiger partial charge is 0.335 e. The van der Waals surface area contributed by atoms with Crippen molar-refractivity contribution in [1.29, 1.82) is 5.26 Å². The topological polar surface area (TPSA) is 50.1 Å². The number of hydrogen-bond acceptors (Lipinski definition) is 3. The van der Waals surface area contributed by atoms with Crippen LogP contribution in [0.2, 0.25) is 0 Å². The summed E-state index contributed by atoms with van der Waals surface area (Å²) in [6, 6.07) is 9.58. The van der Waals surface area contributed by atoms with Crippen LogP contribution < -0.4 is 0 Å². The lowest BCUT2D eigenvalue weighted by Gasteiger charge is -2.34. The molecule has 1 aromatic rings. The predicted molar refractivity (Wildman–Crippen MR) is 90.8 cm³/mol. The van der Waals surface area contributed by atoms with Gasteiger partial charge in [-0.05, 0) is 51.3 Å². The fourth-order valence-electron chi connectivity index (χ4n) is 3.24. The molecule has 1 aromatic carbocycles. The molecule has 0 aliphatic carbocycles. The molecule has 2 rings (SSSR count). The van der Waals surface area contributed by atoms with Gasteiger partial charge in [0.05, 0.1) is 11.6 Å². The molecular weight excluding hydrogens is 286 g/mol. The van der Waals surface area contributed by atoms with Crippen molar-refractivity contribution in [3.05, 3.63) is 59.2 Å². The van der Waals surface area contributed by atoms with Crippen molar-refractivity contribution in [2.75, 3.05) is 0 Å². The summed E-state index contributed by atoms with van der Waals surface area (Å²) >= 11 is 0. The lowest BCUT2D eigenvalue weighted by Crippen LogP contribution is -2.35. The van der Waals surface area contributed by atoms with Crippen LogP contribution in [-0.4, -0.2) is 11.6 Å². The average molecular weight is 309 g/mol. The molecule has 23 heavy (non-hydrogen) atoms. The zero-order valence-corrected chi connectivity index (χ0v) is 14.1. The van der Waals surface area contributed by atoms with Crippen LogP contribution in [0.5, 0.6) is 0 Å². The second-order valence-electron chi connectivity index (χ2n) is 6.67. The Labute approximate surface area is 138 Å². The van der Waals surface area contributed by atoms with E-state index in [1.54, 1.807) is 12.1 Å². The Kier molecular flexibility index (Phi) is 5.05. The number of allylic oxidation sites excluding steroid dienone is 1. The molecule has 0 N–H and O–H groups in total. The van der Waals surface area contributed by atoms with E-state index in [0.29, 0.717) is 5.56 Å². The number of nitrogens with zero attached hydrogens (tertiary/aromatic N) is 1. The normalized spacial score (nSPS) is 18.1. The van der Waals surface area contributed by atoms with Gasteiger partial charge in [-0.2, -0.15) is 5.26 Å². The maximum absolute atomic E-state index is 12.6. The molecule has 3 nitrogen and oxygen atoms in total. The summed E-state index contributed by atoms with van der Waals surface area (Å²) in [4.78, 5) is 12.6. The highest BCUT2D eigenvalue weighted by Gasteiger charge is 2.36. The van der Waals surface area contributed by atoms with Crippen molar-refractivity contribution in [3.8, 4) is 6.07 Å². The molecule has 0 saturated carbocycles. The number of nitriles is 1. The van der Waals surface area contributed by atoms with E-state index in [4.69, 9.17) is 10.00 Å². The SMILES string of the molecule is C=CCCC(C1=C(C)CC(C)(C)OC1=O)c1ccc(C#N)cc1. The zero-order valence-electron chi connectivity index (χ0n) is 14.1. The van der Waals surface area contributed by atoms with Crippen LogP contribution in [0.15, 0.2) is 48.1 Å². The van der Waals surface area contributed by atoms with Gasteiger partial charge in [-0.3, -0.25) is 0 Å². The Morgan fingerprint density at radius 2 is 2.04 bits per heavy atom. The first kappa shape index (κ1) is 17.0. The monoisotopic (exact) mass is 309 g/mol. The molecule has 0 aromatic heterocycles. The lowest BCUT2D eigenvalue weighted by molar-refractivity contribution is -0.153. The summed E-state index contributed by atoms with van der Waals surface area (Å²) in [6.07, 6.45) is 4.23. The minimum atomic E-state index is -0.446. The van der Waals surface area contributed by atoms with Gasteiger partial charge in [0, 0.05) is 17.9 Å². The van der Waals surface area contributed by atoms with E-state index in [1.165, 1.54) is 0 Å². The molecule has 120 valence electrons. The average Bonchev–Trinajstić information content (AvgIpc) is 2.49. The summed E-state index contributed by atoms with van der Waals surface area (Å²) in [5, 5.41) is 8.95. The van der Waals surface area contributed by atoms with E-state index in [2.05, 4.69) is 12.6 Å². The van der Waals surface area contributed by atoms with E-state index >= 15 is 0 Å². The quantitative estimate of drug-likeness (QED) is 0.587. The molecule has 1 aliphatic rings. The van der Waals surface area contributed by atoms with Crippen LogP contribution in [0.25, 0.3) is 0 Å². The second kappa shape index (κ2) is 6.83. The van der Waals surface area contributed by atoms with Gasteiger partial charge in [0.1, 0.15) is 5.60 Å². The highest BCUT2D eigenvalue weighted by molar-refractivity contribution is 5.92. The summed E-state index contributed by atoms with van der Waals surface area (Å²) in [5.41, 5.74) is 3.06. The molecule has 1 heterocycles. The van der Waals surface area contributed by atoms with Crippen LogP contribution in [0.3, 0.4) is 0 Å². The van der Waals surface area contributed by atoms with Gasteiger partial charge in [0.25, 0.3) is 0 Å². The molecule has 1 aliphatic heterocycles. The molecule has 0 bridgehead atoms. The van der Waals surface area contributed by atoms with Gasteiger partial charge in [-0.25, -0.2) is 4.79 Å². The number of benzene rings is 1. The van der Waals surface area contributed by atoms with E-state index in [0.717, 1.165) is 36.0 Å². The second-order valence-corrected chi connectivity index (χ2v) is 6.67. The summed E-state index contributed by atoms with van der Waals surface area (Å²) in [5.74, 6) is -0.249. The third kappa shape index (κ3) is 3.90. The fourth-order valence-corrected chi connectivity index (χ4v) is 3.24. The van der Waals surface area contributed by atoms with Crippen molar-refractivity contribution >= 4 is 5.97 Å². The molecule has 0 saturated heterocycles. The molecule has 0 radical (unpaired) electrons. The number of hydrogen-bond donors (Lipinski definition) is 0. The van der Waals surface area contributed by atoms with Crippen LogP contribution >= 0.6 is 0 Å². The highest BCUT2D eigenvalue weighted by Crippen LogP contribution is 2.39. The minimum absolute atomic E-state index is 0.0238. The van der Waals surface area contributed by atoms with Crippen molar-refractivity contribution in [3.63, 3.8) is 0 Å². The Balaban J connectivity index is 2.43. The fraction of sp³-hybridized carbons (Fsp3) is 0.400. The van der Waals surface area contributed by atoms with E-state index in [9.17, 15) is 4.79 Å². The van der Waals surface area contributed by atoms with Gasteiger partial charge in [-0.15, -0.1) is 6.58 Å². The van der Waals surface area contributed by atoms with E-state index < -0.39 is 5.60 Å². The molecule has 0 fully saturated rings. The first-order valence-electron chi connectivity index (χ1n) is 7.92. The van der Waals surface area contributed by atoms with Crippen LogP contribution in [0.1, 0.15) is 57.1 Å². The van der Waals surface area contributed by atoms with Gasteiger partial charge in [0.2, 0.25) is 0 Å². The van der Waals surface area contributed by atoms with Gasteiger partial charge >= 0.3 is 5.97 Å². The predicted octanol–water partition coefficient (Wildman–Crippen LogP) is 4.65. The number of carbonyl (C=O) groups excluding carboxylic acids is 1. The van der Waals surface area contributed by atoms with E-state index in [1.807, 2.05) is 39.0 Å². The zero-order chi connectivity index (χ0) is 17.0. The standard InChI is InChI=1S/C20H23NO2/c1-5-6-7-17(16-10-8-15(13-21)9-11-16)18-14(2)12-20(3,4)23-19(18)22/h5,8-11,17H,1,6-7,12H2,2-4H3. The number of cyclic esters (lactones) is 1. The Morgan fingerprint density at radius 3 is 2.57 bits per heavy atom. The van der Waals surface area contributed by atoms with Crippen LogP contribution in [-0.2, 0) is 9.53 Å². The first-order chi connectivity index (χ1) is 10.9. The van der Waals surface area contributed by atoms with Crippen molar-refractivity contribution in [1.82, 2.24) is 0 Å². The number of esters is 1. The first-order valence-corrected chi connectivity index (χ1v) is 7.92. The van der Waals surface area contributed by atoms with Gasteiger partial charge in [0.15, 0.2) is 0 Å². The third-order valence-corrected chi connectivity index (χ3v) is 4.19. The Hall–Kier alpha value is -2.34. The van der Waals surface area contributed by atoms with Gasteiger partial charge in [-0.1, -0.05) is 23.8 Å². The summed E-state index contributed by atoms with van der Waals surface area (Å²) in [7, 11) is 0. The molecule has 0 amide bonds.